The third-order valence-electron chi connectivity index (χ3n) is 5.12. The van der Waals surface area contributed by atoms with E-state index in [1.807, 2.05) is 13.8 Å². The highest BCUT2D eigenvalue weighted by Gasteiger charge is 2.33. The SMILES string of the molecule is CCOc1ccc(S(=O)(=O)N2CCC[C@H](C(=O)Nc3cccc(Cl)c3C)C2)cc1Cl. The van der Waals surface area contributed by atoms with Crippen LogP contribution in [0.1, 0.15) is 25.3 Å². The highest BCUT2D eigenvalue weighted by molar-refractivity contribution is 7.89. The van der Waals surface area contributed by atoms with Crippen LogP contribution in [0.25, 0.3) is 0 Å². The van der Waals surface area contributed by atoms with Gasteiger partial charge >= 0.3 is 0 Å². The average molecular weight is 471 g/mol. The van der Waals surface area contributed by atoms with E-state index in [0.29, 0.717) is 42.5 Å². The van der Waals surface area contributed by atoms with Gasteiger partial charge in [-0.25, -0.2) is 8.42 Å². The van der Waals surface area contributed by atoms with Crippen molar-refractivity contribution in [3.63, 3.8) is 0 Å². The number of anilines is 1. The van der Waals surface area contributed by atoms with Crippen LogP contribution in [-0.4, -0.2) is 38.3 Å². The molecule has 162 valence electrons. The molecule has 2 aromatic rings. The quantitative estimate of drug-likeness (QED) is 0.661. The van der Waals surface area contributed by atoms with Crippen molar-refractivity contribution in [1.82, 2.24) is 4.31 Å². The Morgan fingerprint density at radius 1 is 1.23 bits per heavy atom. The van der Waals surface area contributed by atoms with E-state index in [1.54, 1.807) is 24.3 Å². The first-order valence-electron chi connectivity index (χ1n) is 9.72. The number of amides is 1. The molecule has 1 aliphatic heterocycles. The summed E-state index contributed by atoms with van der Waals surface area (Å²) in [5.41, 5.74) is 1.41. The number of piperidine rings is 1. The Morgan fingerprint density at radius 3 is 2.70 bits per heavy atom. The topological polar surface area (TPSA) is 75.7 Å². The Kier molecular flexibility index (Phi) is 7.29. The fourth-order valence-electron chi connectivity index (χ4n) is 3.42. The highest BCUT2D eigenvalue weighted by Crippen LogP contribution is 2.31. The molecule has 1 N–H and O–H groups in total. The molecule has 0 radical (unpaired) electrons. The maximum atomic E-state index is 13.1. The minimum Gasteiger partial charge on any atom is -0.492 e. The molecule has 0 aromatic heterocycles. The van der Waals surface area contributed by atoms with Gasteiger partial charge in [-0.3, -0.25) is 4.79 Å². The Labute approximate surface area is 187 Å². The molecule has 1 aliphatic rings. The molecule has 1 atom stereocenters. The second kappa shape index (κ2) is 9.56. The maximum absolute atomic E-state index is 13.1. The number of carbonyl (C=O) groups excluding carboxylic acids is 1. The first-order chi connectivity index (χ1) is 14.2. The van der Waals surface area contributed by atoms with Crippen molar-refractivity contribution in [3.8, 4) is 5.75 Å². The zero-order valence-electron chi connectivity index (χ0n) is 16.8. The summed E-state index contributed by atoms with van der Waals surface area (Å²) in [6, 6.07) is 9.71. The Hall–Kier alpha value is -1.80. The van der Waals surface area contributed by atoms with Gasteiger partial charge in [0.1, 0.15) is 5.75 Å². The monoisotopic (exact) mass is 470 g/mol. The van der Waals surface area contributed by atoms with E-state index in [1.165, 1.54) is 16.4 Å². The van der Waals surface area contributed by atoms with Gasteiger partial charge in [0.25, 0.3) is 0 Å². The van der Waals surface area contributed by atoms with Gasteiger partial charge in [-0.1, -0.05) is 29.3 Å². The molecular formula is C21H24Cl2N2O4S. The predicted octanol–water partition coefficient (Wildman–Crippen LogP) is 4.74. The summed E-state index contributed by atoms with van der Waals surface area (Å²) in [7, 11) is -3.78. The minimum atomic E-state index is -3.78. The number of sulfonamides is 1. The Morgan fingerprint density at radius 2 is 2.00 bits per heavy atom. The molecule has 1 heterocycles. The van der Waals surface area contributed by atoms with E-state index in [9.17, 15) is 13.2 Å². The van der Waals surface area contributed by atoms with Crippen molar-refractivity contribution in [3.05, 3.63) is 52.0 Å². The number of ether oxygens (including phenoxy) is 1. The van der Waals surface area contributed by atoms with Crippen LogP contribution >= 0.6 is 23.2 Å². The van der Waals surface area contributed by atoms with Crippen molar-refractivity contribution in [2.75, 3.05) is 25.0 Å². The smallest absolute Gasteiger partial charge is 0.243 e. The molecule has 0 aliphatic carbocycles. The van der Waals surface area contributed by atoms with Gasteiger partial charge in [0.15, 0.2) is 0 Å². The lowest BCUT2D eigenvalue weighted by Gasteiger charge is -2.31. The fraction of sp³-hybridized carbons (Fsp3) is 0.381. The van der Waals surface area contributed by atoms with Crippen LogP contribution in [0, 0.1) is 12.8 Å². The molecule has 30 heavy (non-hydrogen) atoms. The van der Waals surface area contributed by atoms with E-state index < -0.39 is 15.9 Å². The molecule has 0 unspecified atom stereocenters. The summed E-state index contributed by atoms with van der Waals surface area (Å²) in [5.74, 6) is -0.235. The molecule has 9 heteroatoms. The molecule has 0 bridgehead atoms. The van der Waals surface area contributed by atoms with Crippen LogP contribution in [0.5, 0.6) is 5.75 Å². The second-order valence-corrected chi connectivity index (χ2v) is 9.88. The van der Waals surface area contributed by atoms with Gasteiger partial charge in [0.2, 0.25) is 15.9 Å². The summed E-state index contributed by atoms with van der Waals surface area (Å²) in [5, 5.41) is 3.68. The van der Waals surface area contributed by atoms with Crippen LogP contribution in [0.4, 0.5) is 5.69 Å². The number of nitrogens with zero attached hydrogens (tertiary/aromatic N) is 1. The predicted molar refractivity (Wildman–Crippen MR) is 119 cm³/mol. The molecule has 1 fully saturated rings. The summed E-state index contributed by atoms with van der Waals surface area (Å²) >= 11 is 12.3. The lowest BCUT2D eigenvalue weighted by molar-refractivity contribution is -0.120. The van der Waals surface area contributed by atoms with Gasteiger partial charge in [-0.05, 0) is 62.6 Å². The molecule has 2 aromatic carbocycles. The average Bonchev–Trinajstić information content (AvgIpc) is 2.73. The van der Waals surface area contributed by atoms with Crippen LogP contribution in [0.3, 0.4) is 0 Å². The van der Waals surface area contributed by atoms with E-state index in [-0.39, 0.29) is 22.4 Å². The van der Waals surface area contributed by atoms with Gasteiger partial charge in [-0.15, -0.1) is 0 Å². The van der Waals surface area contributed by atoms with Crippen molar-refractivity contribution < 1.29 is 17.9 Å². The number of hydrogen-bond donors (Lipinski definition) is 1. The van der Waals surface area contributed by atoms with Gasteiger partial charge in [0, 0.05) is 23.8 Å². The minimum absolute atomic E-state index is 0.0858. The van der Waals surface area contributed by atoms with E-state index in [0.717, 1.165) is 5.56 Å². The van der Waals surface area contributed by atoms with Gasteiger partial charge in [0.05, 0.1) is 22.4 Å². The number of benzene rings is 2. The van der Waals surface area contributed by atoms with Crippen molar-refractivity contribution >= 4 is 44.8 Å². The van der Waals surface area contributed by atoms with Gasteiger partial charge < -0.3 is 10.1 Å². The van der Waals surface area contributed by atoms with Crippen LogP contribution in [0.2, 0.25) is 10.0 Å². The number of carbonyl (C=O) groups is 1. The van der Waals surface area contributed by atoms with Crippen molar-refractivity contribution in [2.24, 2.45) is 5.92 Å². The number of rotatable bonds is 6. The third-order valence-corrected chi connectivity index (χ3v) is 7.69. The second-order valence-electron chi connectivity index (χ2n) is 7.13. The van der Waals surface area contributed by atoms with Crippen LogP contribution in [-0.2, 0) is 14.8 Å². The highest BCUT2D eigenvalue weighted by atomic mass is 35.5. The molecule has 3 rings (SSSR count). The zero-order chi connectivity index (χ0) is 21.9. The largest absolute Gasteiger partial charge is 0.492 e. The normalized spacial score (nSPS) is 17.5. The molecule has 0 saturated carbocycles. The lowest BCUT2D eigenvalue weighted by Crippen LogP contribution is -2.43. The summed E-state index contributed by atoms with van der Waals surface area (Å²) in [6.45, 7) is 4.54. The van der Waals surface area contributed by atoms with E-state index in [2.05, 4.69) is 5.32 Å². The first kappa shape index (κ1) is 22.9. The molecule has 1 saturated heterocycles. The maximum Gasteiger partial charge on any atom is 0.243 e. The number of hydrogen-bond acceptors (Lipinski definition) is 4. The van der Waals surface area contributed by atoms with Crippen LogP contribution in [0.15, 0.2) is 41.3 Å². The van der Waals surface area contributed by atoms with E-state index >= 15 is 0 Å². The molecule has 0 spiro atoms. The molecule has 1 amide bonds. The number of halogens is 2. The van der Waals surface area contributed by atoms with Crippen LogP contribution < -0.4 is 10.1 Å². The standard InChI is InChI=1S/C21H24Cl2N2O4S/c1-3-29-20-10-9-16(12-18(20)23)30(27,28)25-11-5-6-15(13-25)21(26)24-19-8-4-7-17(22)14(19)2/h4,7-10,12,15H,3,5-6,11,13H2,1-2H3,(H,24,26)/t15-/m0/s1. The summed E-state index contributed by atoms with van der Waals surface area (Å²) in [6.07, 6.45) is 1.21. The zero-order valence-corrected chi connectivity index (χ0v) is 19.1. The molecule has 6 nitrogen and oxygen atoms in total. The first-order valence-corrected chi connectivity index (χ1v) is 11.9. The van der Waals surface area contributed by atoms with E-state index in [4.69, 9.17) is 27.9 Å². The van der Waals surface area contributed by atoms with Crippen molar-refractivity contribution in [1.29, 1.82) is 0 Å². The Bertz CT molecular complexity index is 1040. The summed E-state index contributed by atoms with van der Waals surface area (Å²) in [4.78, 5) is 12.9. The Balaban J connectivity index is 1.75. The third kappa shape index (κ3) is 4.91. The summed E-state index contributed by atoms with van der Waals surface area (Å²) < 4.78 is 32.9. The lowest BCUT2D eigenvalue weighted by atomic mass is 9.98. The molecular weight excluding hydrogens is 447 g/mol. The van der Waals surface area contributed by atoms with Gasteiger partial charge in [-0.2, -0.15) is 4.31 Å². The fourth-order valence-corrected chi connectivity index (χ4v) is 5.44. The number of nitrogens with one attached hydrogen (secondary N) is 1. The van der Waals surface area contributed by atoms with Crippen molar-refractivity contribution in [2.45, 2.75) is 31.6 Å².